The Labute approximate surface area is 163 Å². The molecule has 0 saturated carbocycles. The van der Waals surface area contributed by atoms with Gasteiger partial charge >= 0.3 is 0 Å². The fourth-order valence-electron chi connectivity index (χ4n) is 2.89. The van der Waals surface area contributed by atoms with Crippen LogP contribution in [0, 0.1) is 0 Å². The lowest BCUT2D eigenvalue weighted by Gasteiger charge is -2.19. The number of imide groups is 1. The molecule has 28 heavy (non-hydrogen) atoms. The van der Waals surface area contributed by atoms with Crippen molar-refractivity contribution in [3.05, 3.63) is 42.5 Å². The summed E-state index contributed by atoms with van der Waals surface area (Å²) in [6.07, 6.45) is 0.165. The molecule has 0 unspecified atom stereocenters. The zero-order valence-corrected chi connectivity index (χ0v) is 16.3. The third kappa shape index (κ3) is 3.79. The van der Waals surface area contributed by atoms with Crippen LogP contribution in [0.4, 0.5) is 11.4 Å². The van der Waals surface area contributed by atoms with Crippen LogP contribution in [0.1, 0.15) is 19.8 Å². The van der Waals surface area contributed by atoms with Gasteiger partial charge in [0.2, 0.25) is 11.8 Å². The topological polar surface area (TPSA) is 102 Å². The number of sulfonamides is 1. The minimum Gasteiger partial charge on any atom is -0.495 e. The molecule has 1 aliphatic rings. The number of ether oxygens (including phenoxy) is 2. The minimum atomic E-state index is -4.00. The van der Waals surface area contributed by atoms with Crippen molar-refractivity contribution in [3.8, 4) is 11.5 Å². The number of benzene rings is 2. The fourth-order valence-corrected chi connectivity index (χ4v) is 3.98. The second kappa shape index (κ2) is 7.89. The van der Waals surface area contributed by atoms with Gasteiger partial charge in [0, 0.05) is 12.8 Å². The first kappa shape index (κ1) is 19.7. The molecule has 0 aliphatic carbocycles. The summed E-state index contributed by atoms with van der Waals surface area (Å²) < 4.78 is 38.9. The van der Waals surface area contributed by atoms with E-state index >= 15 is 0 Å². The first-order valence-corrected chi connectivity index (χ1v) is 10.1. The largest absolute Gasteiger partial charge is 0.495 e. The normalized spacial score (nSPS) is 14.3. The lowest BCUT2D eigenvalue weighted by Crippen LogP contribution is -2.29. The van der Waals surface area contributed by atoms with Crippen molar-refractivity contribution in [1.29, 1.82) is 0 Å². The van der Waals surface area contributed by atoms with E-state index < -0.39 is 21.8 Å². The lowest BCUT2D eigenvalue weighted by atomic mass is 10.2. The van der Waals surface area contributed by atoms with Crippen LogP contribution in [-0.4, -0.2) is 33.9 Å². The van der Waals surface area contributed by atoms with E-state index in [0.29, 0.717) is 12.4 Å². The van der Waals surface area contributed by atoms with E-state index in [1.165, 1.54) is 25.3 Å². The van der Waals surface area contributed by atoms with Gasteiger partial charge in [-0.3, -0.25) is 14.3 Å². The van der Waals surface area contributed by atoms with E-state index in [1.807, 2.05) is 0 Å². The number of hydrogen-bond acceptors (Lipinski definition) is 6. The molecule has 0 atom stereocenters. The molecule has 8 nitrogen and oxygen atoms in total. The molecule has 2 amide bonds. The summed E-state index contributed by atoms with van der Waals surface area (Å²) in [5, 5.41) is 0. The number of hydrogen-bond donors (Lipinski definition) is 1. The van der Waals surface area contributed by atoms with Crippen LogP contribution in [0.5, 0.6) is 11.5 Å². The molecule has 0 bridgehead atoms. The van der Waals surface area contributed by atoms with Gasteiger partial charge < -0.3 is 9.47 Å². The van der Waals surface area contributed by atoms with Crippen molar-refractivity contribution in [1.82, 2.24) is 0 Å². The van der Waals surface area contributed by atoms with Crippen LogP contribution >= 0.6 is 0 Å². The van der Waals surface area contributed by atoms with Crippen molar-refractivity contribution in [2.75, 3.05) is 23.3 Å². The number of amides is 2. The number of methoxy groups -OCH3 is 1. The van der Waals surface area contributed by atoms with Crippen LogP contribution < -0.4 is 19.1 Å². The SMILES string of the molecule is CCOc1ccccc1NS(=O)(=O)c1ccc(OC)c(N2C(=O)CCC2=O)c1. The number of nitrogens with one attached hydrogen (secondary N) is 1. The van der Waals surface area contributed by atoms with Crippen molar-refractivity contribution in [3.63, 3.8) is 0 Å². The highest BCUT2D eigenvalue weighted by molar-refractivity contribution is 7.92. The van der Waals surface area contributed by atoms with E-state index in [1.54, 1.807) is 31.2 Å². The first-order chi connectivity index (χ1) is 13.4. The molecule has 9 heteroatoms. The summed E-state index contributed by atoms with van der Waals surface area (Å²) in [4.78, 5) is 25.0. The van der Waals surface area contributed by atoms with Crippen molar-refractivity contribution in [2.24, 2.45) is 0 Å². The molecule has 1 N–H and O–H groups in total. The molecule has 0 radical (unpaired) electrons. The molecule has 2 aromatic rings. The molecular formula is C19H20N2O6S. The summed E-state index contributed by atoms with van der Waals surface area (Å²) >= 11 is 0. The summed E-state index contributed by atoms with van der Waals surface area (Å²) in [7, 11) is -2.62. The standard InChI is InChI=1S/C19H20N2O6S/c1-3-27-16-7-5-4-6-14(16)20-28(24,25)13-8-9-17(26-2)15(12-13)21-18(22)10-11-19(21)23/h4-9,12,20H,3,10-11H2,1-2H3. The number of carbonyl (C=O) groups is 2. The van der Waals surface area contributed by atoms with Gasteiger partial charge in [-0.15, -0.1) is 0 Å². The van der Waals surface area contributed by atoms with E-state index in [2.05, 4.69) is 4.72 Å². The van der Waals surface area contributed by atoms with Crippen LogP contribution in [-0.2, 0) is 19.6 Å². The number of anilines is 2. The Hall–Kier alpha value is -3.07. The Morgan fingerprint density at radius 2 is 1.71 bits per heavy atom. The van der Waals surface area contributed by atoms with E-state index in [9.17, 15) is 18.0 Å². The van der Waals surface area contributed by atoms with Crippen LogP contribution in [0.25, 0.3) is 0 Å². The maximum atomic E-state index is 12.9. The number of rotatable bonds is 7. The Balaban J connectivity index is 2.00. The summed E-state index contributed by atoms with van der Waals surface area (Å²) in [6.45, 7) is 2.18. The van der Waals surface area contributed by atoms with Gasteiger partial charge in [-0.2, -0.15) is 0 Å². The Morgan fingerprint density at radius 1 is 1.04 bits per heavy atom. The third-order valence-corrected chi connectivity index (χ3v) is 5.55. The second-order valence-corrected chi connectivity index (χ2v) is 7.67. The predicted molar refractivity (Wildman–Crippen MR) is 103 cm³/mol. The molecule has 1 saturated heterocycles. The van der Waals surface area contributed by atoms with Gasteiger partial charge in [-0.1, -0.05) is 12.1 Å². The molecule has 1 aliphatic heterocycles. The lowest BCUT2D eigenvalue weighted by molar-refractivity contribution is -0.121. The number of para-hydroxylation sites is 2. The number of nitrogens with zero attached hydrogens (tertiary/aromatic N) is 1. The van der Waals surface area contributed by atoms with Gasteiger partial charge in [0.25, 0.3) is 10.0 Å². The average Bonchev–Trinajstić information content (AvgIpc) is 3.01. The maximum Gasteiger partial charge on any atom is 0.262 e. The second-order valence-electron chi connectivity index (χ2n) is 5.99. The number of carbonyl (C=O) groups excluding carboxylic acids is 2. The molecule has 148 valence electrons. The molecule has 1 heterocycles. The highest BCUT2D eigenvalue weighted by atomic mass is 32.2. The zero-order valence-electron chi connectivity index (χ0n) is 15.5. The quantitative estimate of drug-likeness (QED) is 0.712. The van der Waals surface area contributed by atoms with Gasteiger partial charge in [0.1, 0.15) is 11.5 Å². The maximum absolute atomic E-state index is 12.9. The molecule has 1 fully saturated rings. The first-order valence-electron chi connectivity index (χ1n) is 8.66. The molecule has 0 spiro atoms. The van der Waals surface area contributed by atoms with Crippen molar-refractivity contribution < 1.29 is 27.5 Å². The summed E-state index contributed by atoms with van der Waals surface area (Å²) in [6, 6.07) is 10.7. The molecular weight excluding hydrogens is 384 g/mol. The van der Waals surface area contributed by atoms with E-state index in [-0.39, 0.29) is 34.9 Å². The third-order valence-electron chi connectivity index (χ3n) is 4.18. The summed E-state index contributed by atoms with van der Waals surface area (Å²) in [5.41, 5.74) is 0.394. The van der Waals surface area contributed by atoms with Gasteiger partial charge in [-0.25, -0.2) is 13.3 Å². The Bertz CT molecular complexity index is 1000. The van der Waals surface area contributed by atoms with Crippen molar-refractivity contribution >= 4 is 33.2 Å². The van der Waals surface area contributed by atoms with Gasteiger partial charge in [-0.05, 0) is 37.3 Å². The van der Waals surface area contributed by atoms with Crippen LogP contribution in [0.3, 0.4) is 0 Å². The average molecular weight is 404 g/mol. The smallest absolute Gasteiger partial charge is 0.262 e. The van der Waals surface area contributed by atoms with Gasteiger partial charge in [0.15, 0.2) is 0 Å². The minimum absolute atomic E-state index is 0.0823. The molecule has 3 rings (SSSR count). The Morgan fingerprint density at radius 3 is 2.36 bits per heavy atom. The predicted octanol–water partition coefficient (Wildman–Crippen LogP) is 2.55. The molecule has 2 aromatic carbocycles. The van der Waals surface area contributed by atoms with Crippen LogP contribution in [0.2, 0.25) is 0 Å². The zero-order chi connectivity index (χ0) is 20.3. The van der Waals surface area contributed by atoms with E-state index in [0.717, 1.165) is 4.90 Å². The highest BCUT2D eigenvalue weighted by Crippen LogP contribution is 2.35. The van der Waals surface area contributed by atoms with E-state index in [4.69, 9.17) is 9.47 Å². The highest BCUT2D eigenvalue weighted by Gasteiger charge is 2.33. The Kier molecular flexibility index (Phi) is 5.55. The van der Waals surface area contributed by atoms with Crippen LogP contribution in [0.15, 0.2) is 47.4 Å². The fraction of sp³-hybridized carbons (Fsp3) is 0.263. The van der Waals surface area contributed by atoms with Gasteiger partial charge in [0.05, 0.1) is 30.0 Å². The summed E-state index contributed by atoms with van der Waals surface area (Å²) in [5.74, 6) is -0.163. The molecule has 0 aromatic heterocycles. The van der Waals surface area contributed by atoms with Crippen molar-refractivity contribution in [2.45, 2.75) is 24.7 Å². The monoisotopic (exact) mass is 404 g/mol.